The summed E-state index contributed by atoms with van der Waals surface area (Å²) in [5.41, 5.74) is 6.92. The molecule has 0 amide bonds. The summed E-state index contributed by atoms with van der Waals surface area (Å²) in [5, 5.41) is 3.09. The molecule has 7 nitrogen and oxygen atoms in total. The van der Waals surface area contributed by atoms with Crippen molar-refractivity contribution in [2.45, 2.75) is 17.7 Å². The number of rotatable bonds is 8. The number of halogens is 1. The van der Waals surface area contributed by atoms with Gasteiger partial charge in [-0.25, -0.2) is 8.42 Å². The van der Waals surface area contributed by atoms with E-state index < -0.39 is 9.84 Å². The SMILES string of the molecule is CS(=O)(=O)c1ccc(CCNC(N)=NCCCN2CCOCC2)cc1.I. The summed E-state index contributed by atoms with van der Waals surface area (Å²) in [6.07, 6.45) is 2.95. The van der Waals surface area contributed by atoms with Crippen molar-refractivity contribution in [3.8, 4) is 0 Å². The molecular formula is C17H29IN4O3S. The number of hydrogen-bond acceptors (Lipinski definition) is 5. The maximum Gasteiger partial charge on any atom is 0.188 e. The van der Waals surface area contributed by atoms with E-state index in [0.29, 0.717) is 23.9 Å². The van der Waals surface area contributed by atoms with Crippen molar-refractivity contribution in [3.05, 3.63) is 29.8 Å². The zero-order valence-corrected chi connectivity index (χ0v) is 18.3. The molecule has 0 spiro atoms. The zero-order valence-electron chi connectivity index (χ0n) is 15.2. The Morgan fingerprint density at radius 2 is 1.92 bits per heavy atom. The Kier molecular flexibility index (Phi) is 10.4. The molecule has 26 heavy (non-hydrogen) atoms. The van der Waals surface area contributed by atoms with E-state index in [9.17, 15) is 8.42 Å². The highest BCUT2D eigenvalue weighted by Gasteiger charge is 2.09. The number of benzene rings is 1. The first kappa shape index (κ1) is 23.1. The van der Waals surface area contributed by atoms with Crippen LogP contribution in [-0.4, -0.2) is 71.5 Å². The third-order valence-electron chi connectivity index (χ3n) is 4.09. The quantitative estimate of drug-likeness (QED) is 0.240. The molecule has 0 atom stereocenters. The number of guanidine groups is 1. The molecule has 1 aromatic rings. The minimum atomic E-state index is -3.14. The van der Waals surface area contributed by atoms with Crippen LogP contribution in [0.15, 0.2) is 34.2 Å². The van der Waals surface area contributed by atoms with Gasteiger partial charge in [0.05, 0.1) is 18.1 Å². The summed E-state index contributed by atoms with van der Waals surface area (Å²) in [6, 6.07) is 6.92. The maximum absolute atomic E-state index is 11.4. The molecule has 1 aliphatic rings. The van der Waals surface area contributed by atoms with Crippen molar-refractivity contribution in [3.63, 3.8) is 0 Å². The lowest BCUT2D eigenvalue weighted by molar-refractivity contribution is 0.0377. The Bertz CT molecular complexity index is 659. The Labute approximate surface area is 173 Å². The number of nitrogens with zero attached hydrogens (tertiary/aromatic N) is 2. The first-order chi connectivity index (χ1) is 11.9. The smallest absolute Gasteiger partial charge is 0.188 e. The van der Waals surface area contributed by atoms with E-state index in [-0.39, 0.29) is 24.0 Å². The molecule has 0 unspecified atom stereocenters. The Morgan fingerprint density at radius 3 is 2.54 bits per heavy atom. The van der Waals surface area contributed by atoms with Gasteiger partial charge >= 0.3 is 0 Å². The fourth-order valence-electron chi connectivity index (χ4n) is 2.61. The van der Waals surface area contributed by atoms with Crippen LogP contribution in [0.25, 0.3) is 0 Å². The van der Waals surface area contributed by atoms with Crippen LogP contribution in [0.4, 0.5) is 0 Å². The van der Waals surface area contributed by atoms with Crippen LogP contribution in [-0.2, 0) is 21.0 Å². The van der Waals surface area contributed by atoms with E-state index in [1.54, 1.807) is 12.1 Å². The van der Waals surface area contributed by atoms with Gasteiger partial charge in [-0.2, -0.15) is 0 Å². The van der Waals surface area contributed by atoms with Crippen molar-refractivity contribution in [1.29, 1.82) is 0 Å². The average Bonchev–Trinajstić information content (AvgIpc) is 2.59. The standard InChI is InChI=1S/C17H28N4O3S.HI/c1-25(22,23)16-5-3-15(4-6-16)7-9-20-17(18)19-8-2-10-21-11-13-24-14-12-21;/h3-6H,2,7-14H2,1H3,(H3,18,19,20);1H. The number of sulfone groups is 1. The monoisotopic (exact) mass is 496 g/mol. The first-order valence-electron chi connectivity index (χ1n) is 8.58. The van der Waals surface area contributed by atoms with Gasteiger partial charge in [-0.05, 0) is 30.5 Å². The van der Waals surface area contributed by atoms with Crippen molar-refractivity contribution < 1.29 is 13.2 Å². The van der Waals surface area contributed by atoms with E-state index in [0.717, 1.165) is 51.3 Å². The second-order valence-corrected chi connectivity index (χ2v) is 8.18. The summed E-state index contributed by atoms with van der Waals surface area (Å²) in [6.45, 7) is 6.02. The van der Waals surface area contributed by atoms with Crippen LogP contribution in [0.3, 0.4) is 0 Å². The van der Waals surface area contributed by atoms with Crippen LogP contribution in [0.2, 0.25) is 0 Å². The van der Waals surface area contributed by atoms with Crippen LogP contribution in [0.1, 0.15) is 12.0 Å². The van der Waals surface area contributed by atoms with E-state index in [2.05, 4.69) is 15.2 Å². The van der Waals surface area contributed by atoms with Crippen LogP contribution in [0, 0.1) is 0 Å². The van der Waals surface area contributed by atoms with Gasteiger partial charge in [-0.1, -0.05) is 12.1 Å². The Morgan fingerprint density at radius 1 is 1.27 bits per heavy atom. The highest BCUT2D eigenvalue weighted by molar-refractivity contribution is 14.0. The molecule has 0 saturated carbocycles. The lowest BCUT2D eigenvalue weighted by atomic mass is 10.1. The van der Waals surface area contributed by atoms with E-state index in [1.165, 1.54) is 6.26 Å². The molecule has 1 aliphatic heterocycles. The first-order valence-corrected chi connectivity index (χ1v) is 10.5. The van der Waals surface area contributed by atoms with Crippen molar-refractivity contribution >= 4 is 39.8 Å². The number of hydrogen-bond donors (Lipinski definition) is 2. The molecule has 148 valence electrons. The minimum Gasteiger partial charge on any atom is -0.379 e. The normalized spacial score (nSPS) is 16.1. The van der Waals surface area contributed by atoms with Gasteiger partial charge in [0, 0.05) is 39.0 Å². The lowest BCUT2D eigenvalue weighted by Crippen LogP contribution is -2.37. The van der Waals surface area contributed by atoms with Gasteiger partial charge in [0.2, 0.25) is 0 Å². The van der Waals surface area contributed by atoms with Gasteiger partial charge in [-0.15, -0.1) is 24.0 Å². The molecule has 0 bridgehead atoms. The Balaban J connectivity index is 0.00000338. The molecule has 1 saturated heterocycles. The minimum absolute atomic E-state index is 0. The molecule has 1 heterocycles. The molecule has 0 aliphatic carbocycles. The Hall–Kier alpha value is -0.910. The van der Waals surface area contributed by atoms with Crippen molar-refractivity contribution in [1.82, 2.24) is 10.2 Å². The van der Waals surface area contributed by atoms with E-state index in [1.807, 2.05) is 12.1 Å². The number of aliphatic imine (C=N–C) groups is 1. The molecule has 9 heteroatoms. The maximum atomic E-state index is 11.4. The van der Waals surface area contributed by atoms with Gasteiger partial charge < -0.3 is 15.8 Å². The molecule has 1 aromatic carbocycles. The second kappa shape index (κ2) is 11.7. The van der Waals surface area contributed by atoms with E-state index >= 15 is 0 Å². The van der Waals surface area contributed by atoms with Gasteiger partial charge in [-0.3, -0.25) is 9.89 Å². The summed E-state index contributed by atoms with van der Waals surface area (Å²) in [7, 11) is -3.14. The van der Waals surface area contributed by atoms with Crippen molar-refractivity contribution in [2.75, 3.05) is 52.2 Å². The van der Waals surface area contributed by atoms with Crippen LogP contribution in [0.5, 0.6) is 0 Å². The van der Waals surface area contributed by atoms with Gasteiger partial charge in [0.25, 0.3) is 0 Å². The number of nitrogens with one attached hydrogen (secondary N) is 1. The number of ether oxygens (including phenoxy) is 1. The molecule has 3 N–H and O–H groups in total. The van der Waals surface area contributed by atoms with Gasteiger partial charge in [0.15, 0.2) is 15.8 Å². The van der Waals surface area contributed by atoms with Crippen LogP contribution >= 0.6 is 24.0 Å². The molecule has 2 rings (SSSR count). The number of morpholine rings is 1. The third kappa shape index (κ3) is 8.65. The van der Waals surface area contributed by atoms with E-state index in [4.69, 9.17) is 10.5 Å². The predicted molar refractivity (Wildman–Crippen MR) is 115 cm³/mol. The summed E-state index contributed by atoms with van der Waals surface area (Å²) >= 11 is 0. The molecule has 0 aromatic heterocycles. The summed E-state index contributed by atoms with van der Waals surface area (Å²) in [5.74, 6) is 0.453. The molecule has 1 fully saturated rings. The third-order valence-corrected chi connectivity index (χ3v) is 5.22. The zero-order chi connectivity index (χ0) is 18.1. The lowest BCUT2D eigenvalue weighted by Gasteiger charge is -2.26. The fourth-order valence-corrected chi connectivity index (χ4v) is 3.24. The van der Waals surface area contributed by atoms with Gasteiger partial charge in [0.1, 0.15) is 0 Å². The largest absolute Gasteiger partial charge is 0.379 e. The average molecular weight is 496 g/mol. The highest BCUT2D eigenvalue weighted by atomic mass is 127. The summed E-state index contributed by atoms with van der Waals surface area (Å²) < 4.78 is 28.2. The topological polar surface area (TPSA) is 97.0 Å². The number of nitrogens with two attached hydrogens (primary N) is 1. The van der Waals surface area contributed by atoms with Crippen LogP contribution < -0.4 is 11.1 Å². The summed E-state index contributed by atoms with van der Waals surface area (Å²) in [4.78, 5) is 7.05. The molecular weight excluding hydrogens is 467 g/mol. The van der Waals surface area contributed by atoms with Crippen molar-refractivity contribution in [2.24, 2.45) is 10.7 Å². The fraction of sp³-hybridized carbons (Fsp3) is 0.588. The molecule has 0 radical (unpaired) electrons. The predicted octanol–water partition coefficient (Wildman–Crippen LogP) is 0.877. The second-order valence-electron chi connectivity index (χ2n) is 6.17. The highest BCUT2D eigenvalue weighted by Crippen LogP contribution is 2.10.